The Morgan fingerprint density at radius 2 is 1.93 bits per heavy atom. The van der Waals surface area contributed by atoms with Gasteiger partial charge in [0.15, 0.2) is 0 Å². The van der Waals surface area contributed by atoms with Crippen LogP contribution >= 0.6 is 0 Å². The lowest BCUT2D eigenvalue weighted by atomic mass is 10.2. The lowest BCUT2D eigenvalue weighted by Gasteiger charge is -2.16. The van der Waals surface area contributed by atoms with E-state index in [4.69, 9.17) is 5.11 Å². The summed E-state index contributed by atoms with van der Waals surface area (Å²) in [5.41, 5.74) is 0. The highest BCUT2D eigenvalue weighted by molar-refractivity contribution is 7.87. The van der Waals surface area contributed by atoms with Crippen molar-refractivity contribution in [2.45, 2.75) is 26.2 Å². The van der Waals surface area contributed by atoms with Gasteiger partial charge in [-0.25, -0.2) is 4.72 Å². The molecular weight excluding hydrogens is 204 g/mol. The Morgan fingerprint density at radius 3 is 2.43 bits per heavy atom. The molecule has 86 valence electrons. The van der Waals surface area contributed by atoms with Gasteiger partial charge in [0.05, 0.1) is 0 Å². The molecule has 0 aromatic carbocycles. The van der Waals surface area contributed by atoms with E-state index in [9.17, 15) is 8.42 Å². The first-order chi connectivity index (χ1) is 6.54. The average Bonchev–Trinajstić information content (AvgIpc) is 2.12. The number of aliphatic hydroxyl groups is 1. The summed E-state index contributed by atoms with van der Waals surface area (Å²) >= 11 is 0. The molecule has 0 amide bonds. The molecule has 2 N–H and O–H groups in total. The molecule has 0 unspecified atom stereocenters. The summed E-state index contributed by atoms with van der Waals surface area (Å²) in [6.07, 6.45) is 2.36. The van der Waals surface area contributed by atoms with Gasteiger partial charge >= 0.3 is 0 Å². The molecule has 0 aliphatic rings. The third-order valence-corrected chi connectivity index (χ3v) is 3.52. The second-order valence-corrected chi connectivity index (χ2v) is 4.97. The highest BCUT2D eigenvalue weighted by Gasteiger charge is 2.14. The van der Waals surface area contributed by atoms with Crippen molar-refractivity contribution in [3.8, 4) is 0 Å². The van der Waals surface area contributed by atoms with Crippen LogP contribution in [0.25, 0.3) is 0 Å². The number of nitrogens with one attached hydrogen (secondary N) is 1. The van der Waals surface area contributed by atoms with E-state index in [0.717, 1.165) is 19.3 Å². The van der Waals surface area contributed by atoms with Crippen LogP contribution < -0.4 is 4.72 Å². The molecule has 0 fully saturated rings. The van der Waals surface area contributed by atoms with Crippen LogP contribution in [0.1, 0.15) is 26.2 Å². The van der Waals surface area contributed by atoms with Gasteiger partial charge in [-0.15, -0.1) is 0 Å². The van der Waals surface area contributed by atoms with Gasteiger partial charge in [-0.3, -0.25) is 0 Å². The highest BCUT2D eigenvalue weighted by Crippen LogP contribution is 2.00. The minimum absolute atomic E-state index is 0.170. The van der Waals surface area contributed by atoms with Crippen LogP contribution in [0, 0.1) is 0 Å². The Bertz CT molecular complexity index is 229. The molecule has 6 heteroatoms. The molecule has 0 aliphatic carbocycles. The first-order valence-electron chi connectivity index (χ1n) is 4.86. The van der Waals surface area contributed by atoms with Crippen LogP contribution in [-0.2, 0) is 10.2 Å². The van der Waals surface area contributed by atoms with Crippen LogP contribution in [0.15, 0.2) is 0 Å². The molecule has 0 radical (unpaired) electrons. The van der Waals surface area contributed by atoms with Crippen molar-refractivity contribution in [3.63, 3.8) is 0 Å². The number of nitrogens with zero attached hydrogens (tertiary/aromatic N) is 1. The predicted octanol–water partition coefficient (Wildman–Crippen LogP) is -0.0649. The number of unbranched alkanes of at least 4 members (excludes halogenated alkanes) is 2. The lowest BCUT2D eigenvalue weighted by molar-refractivity contribution is 0.281. The zero-order valence-corrected chi connectivity index (χ0v) is 9.68. The summed E-state index contributed by atoms with van der Waals surface area (Å²) < 4.78 is 26.4. The molecule has 0 heterocycles. The van der Waals surface area contributed by atoms with E-state index in [0.29, 0.717) is 13.1 Å². The lowest BCUT2D eigenvalue weighted by Crippen LogP contribution is -2.38. The fourth-order valence-electron chi connectivity index (χ4n) is 1.04. The Kier molecular flexibility index (Phi) is 7.08. The summed E-state index contributed by atoms with van der Waals surface area (Å²) in [6, 6.07) is 0. The van der Waals surface area contributed by atoms with E-state index in [-0.39, 0.29) is 6.61 Å². The standard InChI is InChI=1S/C8H20N2O3S/c1-3-9-14(12,13)10(2)7-5-4-6-8-11/h9,11H,3-8H2,1-2H3. The average molecular weight is 224 g/mol. The van der Waals surface area contributed by atoms with Crippen molar-refractivity contribution >= 4 is 10.2 Å². The molecule has 0 saturated carbocycles. The quantitative estimate of drug-likeness (QED) is 0.567. The van der Waals surface area contributed by atoms with E-state index < -0.39 is 10.2 Å². The Balaban J connectivity index is 3.78. The third-order valence-electron chi connectivity index (χ3n) is 1.87. The number of rotatable bonds is 8. The molecule has 0 spiro atoms. The summed E-state index contributed by atoms with van der Waals surface area (Å²) in [6.45, 7) is 2.82. The van der Waals surface area contributed by atoms with Crippen LogP contribution in [-0.4, -0.2) is 44.6 Å². The first-order valence-corrected chi connectivity index (χ1v) is 6.30. The number of hydrogen-bond donors (Lipinski definition) is 2. The van der Waals surface area contributed by atoms with Crippen molar-refractivity contribution < 1.29 is 13.5 Å². The zero-order chi connectivity index (χ0) is 11.0. The maximum absolute atomic E-state index is 11.4. The maximum Gasteiger partial charge on any atom is 0.279 e. The smallest absolute Gasteiger partial charge is 0.279 e. The van der Waals surface area contributed by atoms with Crippen molar-refractivity contribution in [1.82, 2.24) is 9.03 Å². The summed E-state index contributed by atoms with van der Waals surface area (Å²) in [5, 5.41) is 8.53. The van der Waals surface area contributed by atoms with Gasteiger partial charge in [-0.05, 0) is 19.3 Å². The van der Waals surface area contributed by atoms with Gasteiger partial charge in [-0.2, -0.15) is 12.7 Å². The maximum atomic E-state index is 11.4. The Hall–Kier alpha value is -0.170. The molecule has 0 bridgehead atoms. The third kappa shape index (κ3) is 5.54. The van der Waals surface area contributed by atoms with Crippen LogP contribution in [0.4, 0.5) is 0 Å². The normalized spacial score (nSPS) is 12.3. The van der Waals surface area contributed by atoms with Gasteiger partial charge in [0.1, 0.15) is 0 Å². The fourth-order valence-corrected chi connectivity index (χ4v) is 1.99. The second-order valence-electron chi connectivity index (χ2n) is 3.11. The first kappa shape index (κ1) is 13.8. The predicted molar refractivity (Wildman–Crippen MR) is 56.2 cm³/mol. The summed E-state index contributed by atoms with van der Waals surface area (Å²) in [7, 11) is -1.72. The van der Waals surface area contributed by atoms with Crippen molar-refractivity contribution in [2.24, 2.45) is 0 Å². The molecule has 14 heavy (non-hydrogen) atoms. The molecule has 0 aliphatic heterocycles. The Labute approximate surface area is 86.3 Å². The molecule has 5 nitrogen and oxygen atoms in total. The number of hydrogen-bond acceptors (Lipinski definition) is 3. The van der Waals surface area contributed by atoms with E-state index in [1.165, 1.54) is 4.31 Å². The van der Waals surface area contributed by atoms with E-state index in [1.807, 2.05) is 0 Å². The monoisotopic (exact) mass is 224 g/mol. The van der Waals surface area contributed by atoms with Crippen LogP contribution in [0.5, 0.6) is 0 Å². The number of aliphatic hydroxyl groups excluding tert-OH is 1. The minimum Gasteiger partial charge on any atom is -0.396 e. The van der Waals surface area contributed by atoms with Gasteiger partial charge in [0, 0.05) is 26.7 Å². The van der Waals surface area contributed by atoms with E-state index in [1.54, 1.807) is 14.0 Å². The molecule has 0 atom stereocenters. The van der Waals surface area contributed by atoms with Crippen LogP contribution in [0.3, 0.4) is 0 Å². The van der Waals surface area contributed by atoms with Gasteiger partial charge in [0.2, 0.25) is 0 Å². The fraction of sp³-hybridized carbons (Fsp3) is 1.00. The van der Waals surface area contributed by atoms with Gasteiger partial charge < -0.3 is 5.11 Å². The highest BCUT2D eigenvalue weighted by atomic mass is 32.2. The summed E-state index contributed by atoms with van der Waals surface area (Å²) in [5.74, 6) is 0. The Morgan fingerprint density at radius 1 is 1.29 bits per heavy atom. The van der Waals surface area contributed by atoms with Crippen LogP contribution in [0.2, 0.25) is 0 Å². The molecule has 0 aromatic rings. The van der Waals surface area contributed by atoms with E-state index >= 15 is 0 Å². The minimum atomic E-state index is -3.28. The van der Waals surface area contributed by atoms with Gasteiger partial charge in [-0.1, -0.05) is 6.92 Å². The topological polar surface area (TPSA) is 69.6 Å². The van der Waals surface area contributed by atoms with Crippen molar-refractivity contribution in [1.29, 1.82) is 0 Å². The summed E-state index contributed by atoms with van der Waals surface area (Å²) in [4.78, 5) is 0. The molecule has 0 saturated heterocycles. The van der Waals surface area contributed by atoms with Gasteiger partial charge in [0.25, 0.3) is 10.2 Å². The molecular formula is C8H20N2O3S. The SMILES string of the molecule is CCNS(=O)(=O)N(C)CCCCCO. The van der Waals surface area contributed by atoms with Crippen molar-refractivity contribution in [3.05, 3.63) is 0 Å². The molecule has 0 aromatic heterocycles. The van der Waals surface area contributed by atoms with Crippen molar-refractivity contribution in [2.75, 3.05) is 26.7 Å². The van der Waals surface area contributed by atoms with E-state index in [2.05, 4.69) is 4.72 Å². The molecule has 0 rings (SSSR count). The second kappa shape index (κ2) is 7.17. The largest absolute Gasteiger partial charge is 0.396 e. The zero-order valence-electron chi connectivity index (χ0n) is 8.86.